The first-order valence-electron chi connectivity index (χ1n) is 11.1. The summed E-state index contributed by atoms with van der Waals surface area (Å²) in [7, 11) is 1.59. The zero-order chi connectivity index (χ0) is 21.1. The predicted octanol–water partition coefficient (Wildman–Crippen LogP) is 2.57. The summed E-state index contributed by atoms with van der Waals surface area (Å²) in [6.45, 7) is 0.279. The standard InChI is InChI=1S/C23H32N4O3/c1-24-21(29)11-18-4-2-3-5-19(18)26-20(28)6-7-25-22(30)27-23-12-15-8-16(13-23)10-17(9-15)14-23/h2-5,15-17H,6-14H2,1H3,(H,24,29)(H,26,28)(H2,25,27,30). The summed E-state index contributed by atoms with van der Waals surface area (Å²) in [6, 6.07) is 7.10. The number of benzene rings is 1. The van der Waals surface area contributed by atoms with Crippen LogP contribution in [0.3, 0.4) is 0 Å². The number of hydrogen-bond acceptors (Lipinski definition) is 3. The number of anilines is 1. The molecule has 0 radical (unpaired) electrons. The van der Waals surface area contributed by atoms with Crippen LogP contribution in [-0.4, -0.2) is 37.0 Å². The number of hydrogen-bond donors (Lipinski definition) is 4. The molecule has 7 nitrogen and oxygen atoms in total. The Morgan fingerprint density at radius 2 is 1.60 bits per heavy atom. The van der Waals surface area contributed by atoms with Crippen molar-refractivity contribution in [2.75, 3.05) is 18.9 Å². The van der Waals surface area contributed by atoms with Gasteiger partial charge in [0, 0.05) is 31.2 Å². The summed E-state index contributed by atoms with van der Waals surface area (Å²) in [5.74, 6) is 2.03. The molecule has 0 heterocycles. The molecule has 4 bridgehead atoms. The van der Waals surface area contributed by atoms with Crippen LogP contribution in [0.15, 0.2) is 24.3 Å². The van der Waals surface area contributed by atoms with Crippen molar-refractivity contribution >= 4 is 23.5 Å². The third-order valence-electron chi connectivity index (χ3n) is 6.98. The van der Waals surface area contributed by atoms with Crippen molar-refractivity contribution < 1.29 is 14.4 Å². The van der Waals surface area contributed by atoms with Crippen molar-refractivity contribution in [3.05, 3.63) is 29.8 Å². The smallest absolute Gasteiger partial charge is 0.315 e. The van der Waals surface area contributed by atoms with Crippen molar-refractivity contribution in [3.8, 4) is 0 Å². The highest BCUT2D eigenvalue weighted by molar-refractivity contribution is 5.93. The summed E-state index contributed by atoms with van der Waals surface area (Å²) in [6.07, 6.45) is 7.72. The van der Waals surface area contributed by atoms with Crippen LogP contribution >= 0.6 is 0 Å². The number of amides is 4. The van der Waals surface area contributed by atoms with Gasteiger partial charge in [0.15, 0.2) is 0 Å². The van der Waals surface area contributed by atoms with Crippen LogP contribution < -0.4 is 21.3 Å². The van der Waals surface area contributed by atoms with E-state index in [0.29, 0.717) is 5.69 Å². The van der Waals surface area contributed by atoms with E-state index < -0.39 is 0 Å². The van der Waals surface area contributed by atoms with Crippen LogP contribution in [0.25, 0.3) is 0 Å². The number of para-hydroxylation sites is 1. The van der Waals surface area contributed by atoms with Crippen molar-refractivity contribution in [2.24, 2.45) is 17.8 Å². The van der Waals surface area contributed by atoms with Crippen LogP contribution in [0.4, 0.5) is 10.5 Å². The lowest BCUT2D eigenvalue weighted by Crippen LogP contribution is -2.61. The van der Waals surface area contributed by atoms with E-state index in [1.54, 1.807) is 13.1 Å². The minimum absolute atomic E-state index is 0.0279. The number of nitrogens with one attached hydrogen (secondary N) is 4. The molecule has 4 fully saturated rings. The molecular weight excluding hydrogens is 380 g/mol. The van der Waals surface area contributed by atoms with Gasteiger partial charge >= 0.3 is 6.03 Å². The Morgan fingerprint density at radius 3 is 2.23 bits per heavy atom. The molecule has 4 N–H and O–H groups in total. The number of likely N-dealkylation sites (N-methyl/N-ethyl adjacent to an activating group) is 1. The van der Waals surface area contributed by atoms with E-state index in [4.69, 9.17) is 0 Å². The Kier molecular flexibility index (Phi) is 5.97. The van der Waals surface area contributed by atoms with E-state index in [-0.39, 0.29) is 42.8 Å². The lowest BCUT2D eigenvalue weighted by Gasteiger charge is -2.56. The van der Waals surface area contributed by atoms with Crippen molar-refractivity contribution in [1.29, 1.82) is 0 Å². The molecule has 30 heavy (non-hydrogen) atoms. The topological polar surface area (TPSA) is 99.3 Å². The van der Waals surface area contributed by atoms with Gasteiger partial charge in [-0.3, -0.25) is 9.59 Å². The van der Waals surface area contributed by atoms with Gasteiger partial charge in [-0.25, -0.2) is 4.79 Å². The number of carbonyl (C=O) groups excluding carboxylic acids is 3. The van der Waals surface area contributed by atoms with E-state index in [2.05, 4.69) is 21.3 Å². The number of rotatable bonds is 7. The third-order valence-corrected chi connectivity index (χ3v) is 6.98. The first-order chi connectivity index (χ1) is 14.4. The zero-order valence-electron chi connectivity index (χ0n) is 17.6. The van der Waals surface area contributed by atoms with E-state index in [0.717, 1.165) is 42.6 Å². The molecule has 4 saturated carbocycles. The van der Waals surface area contributed by atoms with Gasteiger partial charge < -0.3 is 21.3 Å². The van der Waals surface area contributed by atoms with Gasteiger partial charge in [-0.15, -0.1) is 0 Å². The second-order valence-corrected chi connectivity index (χ2v) is 9.38. The fourth-order valence-electron chi connectivity index (χ4n) is 6.11. The number of carbonyl (C=O) groups is 3. The van der Waals surface area contributed by atoms with Crippen LogP contribution in [0.1, 0.15) is 50.5 Å². The molecule has 0 atom stereocenters. The highest BCUT2D eigenvalue weighted by atomic mass is 16.2. The quantitative estimate of drug-likeness (QED) is 0.554. The zero-order valence-corrected chi connectivity index (χ0v) is 17.6. The minimum atomic E-state index is -0.186. The maximum Gasteiger partial charge on any atom is 0.315 e. The Labute approximate surface area is 177 Å². The average Bonchev–Trinajstić information content (AvgIpc) is 2.68. The van der Waals surface area contributed by atoms with Gasteiger partial charge in [0.05, 0.1) is 6.42 Å². The molecule has 0 saturated heterocycles. The molecule has 0 aromatic heterocycles. The second-order valence-electron chi connectivity index (χ2n) is 9.38. The molecule has 162 valence electrons. The summed E-state index contributed by atoms with van der Waals surface area (Å²) >= 11 is 0. The third kappa shape index (κ3) is 4.77. The summed E-state index contributed by atoms with van der Waals surface area (Å²) in [4.78, 5) is 36.5. The van der Waals surface area contributed by atoms with Gasteiger partial charge in [0.2, 0.25) is 11.8 Å². The first kappa shape index (κ1) is 20.7. The molecule has 5 rings (SSSR count). The Morgan fingerprint density at radius 1 is 0.967 bits per heavy atom. The van der Waals surface area contributed by atoms with E-state index in [1.807, 2.05) is 18.2 Å². The molecule has 0 aliphatic heterocycles. The van der Waals surface area contributed by atoms with E-state index in [1.165, 1.54) is 19.3 Å². The fourth-order valence-corrected chi connectivity index (χ4v) is 6.11. The molecule has 1 aromatic carbocycles. The van der Waals surface area contributed by atoms with Crippen molar-refractivity contribution in [3.63, 3.8) is 0 Å². The monoisotopic (exact) mass is 412 g/mol. The van der Waals surface area contributed by atoms with Crippen LogP contribution in [0.2, 0.25) is 0 Å². The SMILES string of the molecule is CNC(=O)Cc1ccccc1NC(=O)CCNC(=O)NC12CC3CC(CC(C3)C1)C2. The lowest BCUT2D eigenvalue weighted by atomic mass is 9.53. The molecule has 4 aliphatic rings. The number of urea groups is 1. The van der Waals surface area contributed by atoms with Gasteiger partial charge in [0.25, 0.3) is 0 Å². The van der Waals surface area contributed by atoms with Crippen LogP contribution in [0, 0.1) is 17.8 Å². The normalized spacial score (nSPS) is 28.6. The first-order valence-corrected chi connectivity index (χ1v) is 11.1. The van der Waals surface area contributed by atoms with Crippen LogP contribution in [0.5, 0.6) is 0 Å². The second kappa shape index (κ2) is 8.66. The molecule has 1 aromatic rings. The molecule has 7 heteroatoms. The van der Waals surface area contributed by atoms with Gasteiger partial charge in [-0.05, 0) is 67.9 Å². The highest BCUT2D eigenvalue weighted by Gasteiger charge is 2.51. The van der Waals surface area contributed by atoms with Crippen molar-refractivity contribution in [1.82, 2.24) is 16.0 Å². The summed E-state index contributed by atoms with van der Waals surface area (Å²) < 4.78 is 0. The molecule has 4 aliphatic carbocycles. The molecule has 0 unspecified atom stereocenters. The maximum atomic E-state index is 12.5. The van der Waals surface area contributed by atoms with Gasteiger partial charge in [0.1, 0.15) is 0 Å². The van der Waals surface area contributed by atoms with Gasteiger partial charge in [-0.2, -0.15) is 0 Å². The summed E-state index contributed by atoms with van der Waals surface area (Å²) in [5.41, 5.74) is 1.36. The Balaban J connectivity index is 1.23. The van der Waals surface area contributed by atoms with E-state index >= 15 is 0 Å². The molecule has 4 amide bonds. The predicted molar refractivity (Wildman–Crippen MR) is 115 cm³/mol. The molecule has 0 spiro atoms. The largest absolute Gasteiger partial charge is 0.359 e. The summed E-state index contributed by atoms with van der Waals surface area (Å²) in [5, 5.41) is 11.6. The Bertz CT molecular complexity index is 787. The molecular formula is C23H32N4O3. The highest BCUT2D eigenvalue weighted by Crippen LogP contribution is 2.55. The van der Waals surface area contributed by atoms with Crippen molar-refractivity contribution in [2.45, 2.75) is 56.9 Å². The van der Waals surface area contributed by atoms with Gasteiger partial charge in [-0.1, -0.05) is 18.2 Å². The minimum Gasteiger partial charge on any atom is -0.359 e. The van der Waals surface area contributed by atoms with Crippen LogP contribution in [-0.2, 0) is 16.0 Å². The lowest BCUT2D eigenvalue weighted by molar-refractivity contribution is -0.120. The Hall–Kier alpha value is -2.57. The fraction of sp³-hybridized carbons (Fsp3) is 0.609. The average molecular weight is 413 g/mol. The maximum absolute atomic E-state index is 12.5. The van der Waals surface area contributed by atoms with E-state index in [9.17, 15) is 14.4 Å².